The fourth-order valence-corrected chi connectivity index (χ4v) is 4.89. The summed E-state index contributed by atoms with van der Waals surface area (Å²) >= 11 is 6.11. The van der Waals surface area contributed by atoms with Gasteiger partial charge in [0.25, 0.3) is 5.91 Å². The molecule has 3 aromatic rings. The van der Waals surface area contributed by atoms with Crippen LogP contribution in [0.1, 0.15) is 27.4 Å². The van der Waals surface area contributed by atoms with E-state index in [-0.39, 0.29) is 24.5 Å². The quantitative estimate of drug-likeness (QED) is 0.556. The molecule has 5 rings (SSSR count). The molecule has 1 fully saturated rings. The van der Waals surface area contributed by atoms with E-state index >= 15 is 0 Å². The molecule has 2 amide bonds. The van der Waals surface area contributed by atoms with Gasteiger partial charge in [-0.1, -0.05) is 41.9 Å². The first-order valence-electron chi connectivity index (χ1n) is 11.4. The predicted octanol–water partition coefficient (Wildman–Crippen LogP) is 4.25. The Morgan fingerprint density at radius 1 is 1.03 bits per heavy atom. The highest BCUT2D eigenvalue weighted by molar-refractivity contribution is 6.30. The van der Waals surface area contributed by atoms with Crippen molar-refractivity contribution in [2.24, 2.45) is 5.92 Å². The molecule has 0 unspecified atom stereocenters. The number of carbonyl (C=O) groups excluding carboxylic acids is 2. The van der Waals surface area contributed by atoms with Gasteiger partial charge in [0.05, 0.1) is 13.0 Å². The zero-order chi connectivity index (χ0) is 24.4. The molecule has 0 aliphatic carbocycles. The molecule has 1 N–H and O–H groups in total. The van der Waals surface area contributed by atoms with Crippen LogP contribution in [0.25, 0.3) is 0 Å². The molecule has 2 heterocycles. The van der Waals surface area contributed by atoms with Crippen molar-refractivity contribution in [2.75, 3.05) is 27.0 Å². The summed E-state index contributed by atoms with van der Waals surface area (Å²) < 4.78 is 16.4. The van der Waals surface area contributed by atoms with Crippen molar-refractivity contribution in [1.82, 2.24) is 10.2 Å². The Bertz CT molecular complexity index is 1260. The van der Waals surface area contributed by atoms with Crippen LogP contribution < -0.4 is 19.5 Å². The highest BCUT2D eigenvalue weighted by atomic mass is 35.5. The first kappa shape index (κ1) is 23.1. The van der Waals surface area contributed by atoms with Gasteiger partial charge in [0.2, 0.25) is 12.7 Å². The molecule has 0 aromatic heterocycles. The number of halogens is 1. The van der Waals surface area contributed by atoms with Gasteiger partial charge in [0.15, 0.2) is 11.5 Å². The minimum atomic E-state index is -0.441. The van der Waals surface area contributed by atoms with Crippen LogP contribution in [-0.2, 0) is 11.3 Å². The molecule has 0 saturated carbocycles. The Morgan fingerprint density at radius 3 is 2.69 bits per heavy atom. The average Bonchev–Trinajstić information content (AvgIpc) is 3.54. The van der Waals surface area contributed by atoms with Gasteiger partial charge in [-0.3, -0.25) is 9.59 Å². The number of ether oxygens (including phenoxy) is 3. The Labute approximate surface area is 208 Å². The third-order valence-corrected chi connectivity index (χ3v) is 6.69. The maximum atomic E-state index is 13.4. The van der Waals surface area contributed by atoms with Crippen molar-refractivity contribution < 1.29 is 23.8 Å². The lowest BCUT2D eigenvalue weighted by Gasteiger charge is -2.20. The average molecular weight is 493 g/mol. The van der Waals surface area contributed by atoms with Crippen LogP contribution in [-0.4, -0.2) is 43.7 Å². The Kier molecular flexibility index (Phi) is 6.51. The number of hydrogen-bond acceptors (Lipinski definition) is 5. The Balaban J connectivity index is 1.37. The van der Waals surface area contributed by atoms with Crippen LogP contribution in [0.15, 0.2) is 66.7 Å². The minimum Gasteiger partial charge on any atom is -0.496 e. The van der Waals surface area contributed by atoms with Crippen molar-refractivity contribution in [2.45, 2.75) is 12.5 Å². The molecule has 35 heavy (non-hydrogen) atoms. The van der Waals surface area contributed by atoms with E-state index in [0.29, 0.717) is 47.5 Å². The third kappa shape index (κ3) is 4.77. The fourth-order valence-electron chi connectivity index (χ4n) is 4.70. The van der Waals surface area contributed by atoms with Crippen LogP contribution in [0.5, 0.6) is 17.2 Å². The molecule has 0 radical (unpaired) electrons. The molecular formula is C27H25ClN2O5. The Morgan fingerprint density at radius 2 is 1.86 bits per heavy atom. The van der Waals surface area contributed by atoms with E-state index < -0.39 is 5.92 Å². The number of rotatable bonds is 6. The van der Waals surface area contributed by atoms with Gasteiger partial charge in [-0.2, -0.15) is 0 Å². The van der Waals surface area contributed by atoms with Crippen LogP contribution in [0.2, 0.25) is 5.02 Å². The SMILES string of the molecule is COc1ccccc1[C@H]1CN(C(=O)c2cccc(Cl)c2)C[C@@H]1C(=O)NCc1ccc2c(c1)OCO2. The number of benzene rings is 3. The van der Waals surface area contributed by atoms with Crippen molar-refractivity contribution in [3.8, 4) is 17.2 Å². The topological polar surface area (TPSA) is 77.1 Å². The minimum absolute atomic E-state index is 0.125. The number of likely N-dealkylation sites (tertiary alicyclic amines) is 1. The summed E-state index contributed by atoms with van der Waals surface area (Å²) in [5.41, 5.74) is 2.30. The second-order valence-electron chi connectivity index (χ2n) is 8.58. The number of amides is 2. The van der Waals surface area contributed by atoms with Crippen molar-refractivity contribution >= 4 is 23.4 Å². The standard InChI is InChI=1S/C27H25ClN2O5/c1-33-23-8-3-2-7-20(23)21-14-30(27(32)18-5-4-6-19(28)12-18)15-22(21)26(31)29-13-17-9-10-24-25(11-17)35-16-34-24/h2-12,21-22H,13-16H2,1H3,(H,29,31)/t21-,22+/m1/s1. The predicted molar refractivity (Wildman–Crippen MR) is 131 cm³/mol. The van der Waals surface area contributed by atoms with E-state index in [1.54, 1.807) is 36.3 Å². The van der Waals surface area contributed by atoms with Gasteiger partial charge < -0.3 is 24.4 Å². The summed E-state index contributed by atoms with van der Waals surface area (Å²) in [5, 5.41) is 3.54. The van der Waals surface area contributed by atoms with E-state index in [1.807, 2.05) is 42.5 Å². The molecule has 3 aromatic carbocycles. The van der Waals surface area contributed by atoms with Crippen molar-refractivity contribution in [3.05, 3.63) is 88.4 Å². The van der Waals surface area contributed by atoms with Gasteiger partial charge in [-0.15, -0.1) is 0 Å². The summed E-state index contributed by atoms with van der Waals surface area (Å²) in [6, 6.07) is 20.1. The van der Waals surface area contributed by atoms with Gasteiger partial charge in [0, 0.05) is 36.1 Å². The summed E-state index contributed by atoms with van der Waals surface area (Å²) in [6.45, 7) is 1.23. The van der Waals surface area contributed by atoms with Crippen LogP contribution in [0.3, 0.4) is 0 Å². The number of nitrogens with zero attached hydrogens (tertiary/aromatic N) is 1. The number of fused-ring (bicyclic) bond motifs is 1. The van der Waals surface area contributed by atoms with Gasteiger partial charge >= 0.3 is 0 Å². The number of nitrogens with one attached hydrogen (secondary N) is 1. The van der Waals surface area contributed by atoms with Crippen molar-refractivity contribution in [3.63, 3.8) is 0 Å². The second-order valence-corrected chi connectivity index (χ2v) is 9.02. The maximum Gasteiger partial charge on any atom is 0.253 e. The highest BCUT2D eigenvalue weighted by Gasteiger charge is 2.41. The number of hydrogen-bond donors (Lipinski definition) is 1. The van der Waals surface area contributed by atoms with Crippen LogP contribution in [0, 0.1) is 5.92 Å². The molecular weight excluding hydrogens is 468 g/mol. The monoisotopic (exact) mass is 492 g/mol. The lowest BCUT2D eigenvalue weighted by atomic mass is 9.87. The molecule has 7 nitrogen and oxygen atoms in total. The third-order valence-electron chi connectivity index (χ3n) is 6.46. The maximum absolute atomic E-state index is 13.4. The smallest absolute Gasteiger partial charge is 0.253 e. The first-order chi connectivity index (χ1) is 17.0. The number of para-hydroxylation sites is 1. The summed E-state index contributed by atoms with van der Waals surface area (Å²) in [5.74, 6) is 1.13. The van der Waals surface area contributed by atoms with Crippen molar-refractivity contribution in [1.29, 1.82) is 0 Å². The van der Waals surface area contributed by atoms with Gasteiger partial charge in [0.1, 0.15) is 5.75 Å². The zero-order valence-corrected chi connectivity index (χ0v) is 20.0. The summed E-state index contributed by atoms with van der Waals surface area (Å²) in [6.07, 6.45) is 0. The molecule has 0 spiro atoms. The summed E-state index contributed by atoms with van der Waals surface area (Å²) in [7, 11) is 1.61. The first-order valence-corrected chi connectivity index (χ1v) is 11.8. The highest BCUT2D eigenvalue weighted by Crippen LogP contribution is 2.38. The van der Waals surface area contributed by atoms with Gasteiger partial charge in [-0.05, 0) is 47.5 Å². The van der Waals surface area contributed by atoms with Crippen LogP contribution >= 0.6 is 11.6 Å². The second kappa shape index (κ2) is 9.88. The van der Waals surface area contributed by atoms with E-state index in [0.717, 1.165) is 11.1 Å². The normalized spacial score (nSPS) is 18.4. The Hall–Kier alpha value is -3.71. The van der Waals surface area contributed by atoms with Gasteiger partial charge in [-0.25, -0.2) is 0 Å². The number of methoxy groups -OCH3 is 1. The molecule has 1 saturated heterocycles. The largest absolute Gasteiger partial charge is 0.496 e. The molecule has 2 aliphatic rings. The van der Waals surface area contributed by atoms with E-state index in [4.69, 9.17) is 25.8 Å². The van der Waals surface area contributed by atoms with E-state index in [9.17, 15) is 9.59 Å². The lowest BCUT2D eigenvalue weighted by Crippen LogP contribution is -2.35. The summed E-state index contributed by atoms with van der Waals surface area (Å²) in [4.78, 5) is 28.4. The molecule has 8 heteroatoms. The van der Waals surface area contributed by atoms with Crippen LogP contribution in [0.4, 0.5) is 0 Å². The molecule has 180 valence electrons. The molecule has 2 atom stereocenters. The van der Waals surface area contributed by atoms with E-state index in [1.165, 1.54) is 0 Å². The lowest BCUT2D eigenvalue weighted by molar-refractivity contribution is -0.125. The molecule has 0 bridgehead atoms. The molecule has 2 aliphatic heterocycles. The zero-order valence-electron chi connectivity index (χ0n) is 19.2. The fraction of sp³-hybridized carbons (Fsp3) is 0.259. The van der Waals surface area contributed by atoms with E-state index in [2.05, 4.69) is 5.32 Å². The number of carbonyl (C=O) groups is 2.